The lowest BCUT2D eigenvalue weighted by molar-refractivity contribution is -0.143. The number of ether oxygens (including phenoxy) is 2. The first kappa shape index (κ1) is 12.1. The number of carbonyl (C=O) groups excluding carboxylic acids is 1. The molecule has 6 nitrogen and oxygen atoms in total. The lowest BCUT2D eigenvalue weighted by Crippen LogP contribution is -2.50. The number of aliphatic hydroxyl groups is 3. The van der Waals surface area contributed by atoms with E-state index in [1.54, 1.807) is 0 Å². The fourth-order valence-corrected chi connectivity index (χ4v) is 1.51. The van der Waals surface area contributed by atoms with Crippen molar-refractivity contribution in [1.29, 1.82) is 0 Å². The highest BCUT2D eigenvalue weighted by Crippen LogP contribution is 2.23. The molecule has 1 rings (SSSR count). The van der Waals surface area contributed by atoms with Crippen LogP contribution in [0.15, 0.2) is 11.6 Å². The molecule has 0 heterocycles. The van der Waals surface area contributed by atoms with Gasteiger partial charge in [0.1, 0.15) is 24.4 Å². The maximum atomic E-state index is 11.3. The molecule has 0 bridgehead atoms. The second-order valence-electron chi connectivity index (χ2n) is 3.24. The second-order valence-corrected chi connectivity index (χ2v) is 3.24. The van der Waals surface area contributed by atoms with Crippen molar-refractivity contribution in [3.05, 3.63) is 11.6 Å². The molecule has 0 aliphatic heterocycles. The number of methoxy groups -OCH3 is 2. The highest BCUT2D eigenvalue weighted by molar-refractivity contribution is 5.90. The van der Waals surface area contributed by atoms with Crippen LogP contribution in [0.4, 0.5) is 0 Å². The van der Waals surface area contributed by atoms with Gasteiger partial charge in [-0.3, -0.25) is 0 Å². The van der Waals surface area contributed by atoms with E-state index in [0.717, 1.165) is 6.08 Å². The number of carbonyl (C=O) groups is 1. The third-order valence-corrected chi connectivity index (χ3v) is 2.34. The summed E-state index contributed by atoms with van der Waals surface area (Å²) >= 11 is 0. The van der Waals surface area contributed by atoms with Gasteiger partial charge < -0.3 is 24.8 Å². The third kappa shape index (κ3) is 2.18. The molecular formula is C9H14O6. The minimum absolute atomic E-state index is 0.00491. The Morgan fingerprint density at radius 1 is 1.27 bits per heavy atom. The van der Waals surface area contributed by atoms with E-state index in [1.807, 2.05) is 0 Å². The molecule has 1 aliphatic carbocycles. The predicted octanol–water partition coefficient (Wildman–Crippen LogP) is -1.80. The lowest BCUT2D eigenvalue weighted by Gasteiger charge is -2.33. The molecule has 0 unspecified atom stereocenters. The smallest absolute Gasteiger partial charge is 0.336 e. The Morgan fingerprint density at radius 3 is 2.33 bits per heavy atom. The summed E-state index contributed by atoms with van der Waals surface area (Å²) in [5.74, 6) is -0.702. The van der Waals surface area contributed by atoms with Gasteiger partial charge >= 0.3 is 5.97 Å². The van der Waals surface area contributed by atoms with Gasteiger partial charge in [-0.25, -0.2) is 4.79 Å². The molecule has 15 heavy (non-hydrogen) atoms. The molecule has 0 spiro atoms. The van der Waals surface area contributed by atoms with Crippen molar-refractivity contribution in [3.63, 3.8) is 0 Å². The quantitative estimate of drug-likeness (QED) is 0.473. The Bertz CT molecular complexity index is 274. The van der Waals surface area contributed by atoms with Crippen molar-refractivity contribution in [3.8, 4) is 0 Å². The molecule has 0 aromatic heterocycles. The Kier molecular flexibility index (Phi) is 3.81. The molecule has 0 amide bonds. The number of hydrogen-bond donors (Lipinski definition) is 3. The van der Waals surface area contributed by atoms with E-state index >= 15 is 0 Å². The van der Waals surface area contributed by atoms with Gasteiger partial charge in [0.05, 0.1) is 12.7 Å². The summed E-state index contributed by atoms with van der Waals surface area (Å²) in [7, 11) is 2.47. The van der Waals surface area contributed by atoms with E-state index in [9.17, 15) is 20.1 Å². The van der Waals surface area contributed by atoms with Crippen LogP contribution in [-0.2, 0) is 14.3 Å². The number of esters is 1. The van der Waals surface area contributed by atoms with Crippen LogP contribution in [0.1, 0.15) is 0 Å². The fraction of sp³-hybridized carbons (Fsp3) is 0.667. The fourth-order valence-electron chi connectivity index (χ4n) is 1.51. The summed E-state index contributed by atoms with van der Waals surface area (Å²) in [6, 6.07) is 0. The molecule has 3 N–H and O–H groups in total. The molecule has 0 saturated heterocycles. The van der Waals surface area contributed by atoms with Crippen molar-refractivity contribution >= 4 is 5.97 Å². The molecule has 0 saturated carbocycles. The molecule has 0 aromatic carbocycles. The average Bonchev–Trinajstić information content (AvgIpc) is 2.24. The minimum Gasteiger partial charge on any atom is -0.466 e. The molecular weight excluding hydrogens is 204 g/mol. The maximum absolute atomic E-state index is 11.3. The van der Waals surface area contributed by atoms with E-state index in [2.05, 4.69) is 4.74 Å². The summed E-state index contributed by atoms with van der Waals surface area (Å²) in [4.78, 5) is 11.3. The third-order valence-electron chi connectivity index (χ3n) is 2.34. The summed E-state index contributed by atoms with van der Waals surface area (Å²) in [5, 5.41) is 28.2. The van der Waals surface area contributed by atoms with Crippen molar-refractivity contribution in [1.82, 2.24) is 0 Å². The van der Waals surface area contributed by atoms with Crippen LogP contribution in [0.25, 0.3) is 0 Å². The van der Waals surface area contributed by atoms with E-state index < -0.39 is 30.4 Å². The van der Waals surface area contributed by atoms with Crippen LogP contribution >= 0.6 is 0 Å². The second kappa shape index (κ2) is 4.71. The van der Waals surface area contributed by atoms with Gasteiger partial charge in [-0.1, -0.05) is 0 Å². The van der Waals surface area contributed by atoms with Gasteiger partial charge in [0, 0.05) is 7.11 Å². The Balaban J connectivity index is 3.01. The Labute approximate surface area is 86.7 Å². The van der Waals surface area contributed by atoms with Crippen LogP contribution < -0.4 is 0 Å². The van der Waals surface area contributed by atoms with Gasteiger partial charge in [-0.2, -0.15) is 0 Å². The summed E-state index contributed by atoms with van der Waals surface area (Å²) in [6.45, 7) is 0. The number of hydrogen-bond acceptors (Lipinski definition) is 6. The van der Waals surface area contributed by atoms with Gasteiger partial charge in [-0.15, -0.1) is 0 Å². The van der Waals surface area contributed by atoms with Crippen LogP contribution in [-0.4, -0.2) is 59.9 Å². The minimum atomic E-state index is -1.37. The molecule has 0 radical (unpaired) electrons. The van der Waals surface area contributed by atoms with E-state index in [-0.39, 0.29) is 5.57 Å². The monoisotopic (exact) mass is 218 g/mol. The zero-order valence-electron chi connectivity index (χ0n) is 8.45. The first-order valence-electron chi connectivity index (χ1n) is 4.40. The molecule has 0 aromatic rings. The van der Waals surface area contributed by atoms with Crippen molar-refractivity contribution in [2.24, 2.45) is 0 Å². The van der Waals surface area contributed by atoms with Gasteiger partial charge in [0.2, 0.25) is 0 Å². The van der Waals surface area contributed by atoms with Crippen LogP contribution in [0.5, 0.6) is 0 Å². The topological polar surface area (TPSA) is 96.2 Å². The lowest BCUT2D eigenvalue weighted by atomic mass is 9.89. The van der Waals surface area contributed by atoms with Gasteiger partial charge in [0.15, 0.2) is 0 Å². The summed E-state index contributed by atoms with van der Waals surface area (Å²) in [5.41, 5.74) is 0.00491. The summed E-state index contributed by atoms with van der Waals surface area (Å²) < 4.78 is 9.33. The zero-order chi connectivity index (χ0) is 11.6. The van der Waals surface area contributed by atoms with E-state index in [4.69, 9.17) is 4.74 Å². The number of rotatable bonds is 2. The Morgan fingerprint density at radius 2 is 1.87 bits per heavy atom. The Hall–Kier alpha value is -0.950. The molecule has 0 fully saturated rings. The predicted molar refractivity (Wildman–Crippen MR) is 48.9 cm³/mol. The molecule has 86 valence electrons. The zero-order valence-corrected chi connectivity index (χ0v) is 8.45. The number of aliphatic hydroxyl groups excluding tert-OH is 3. The summed E-state index contributed by atoms with van der Waals surface area (Å²) in [6.07, 6.45) is -3.90. The first-order valence-corrected chi connectivity index (χ1v) is 4.40. The van der Waals surface area contributed by atoms with Crippen LogP contribution in [0, 0.1) is 0 Å². The first-order chi connectivity index (χ1) is 7.02. The highest BCUT2D eigenvalue weighted by Gasteiger charge is 2.40. The largest absolute Gasteiger partial charge is 0.466 e. The van der Waals surface area contributed by atoms with Gasteiger partial charge in [-0.05, 0) is 6.08 Å². The van der Waals surface area contributed by atoms with Crippen molar-refractivity contribution in [2.45, 2.75) is 24.4 Å². The normalized spacial score (nSPS) is 35.9. The van der Waals surface area contributed by atoms with Crippen LogP contribution in [0.3, 0.4) is 0 Å². The van der Waals surface area contributed by atoms with Crippen LogP contribution in [0.2, 0.25) is 0 Å². The average molecular weight is 218 g/mol. The van der Waals surface area contributed by atoms with E-state index in [1.165, 1.54) is 14.2 Å². The van der Waals surface area contributed by atoms with Crippen molar-refractivity contribution in [2.75, 3.05) is 14.2 Å². The highest BCUT2D eigenvalue weighted by atomic mass is 16.5. The SMILES string of the molecule is COC(=O)C1=C[C@H](O)[C@H](O)[C@H](O)[C@@H]1OC. The molecule has 4 atom stereocenters. The van der Waals surface area contributed by atoms with E-state index in [0.29, 0.717) is 0 Å². The molecule has 1 aliphatic rings. The molecule has 6 heteroatoms. The maximum Gasteiger partial charge on any atom is 0.336 e. The standard InChI is InChI=1S/C9H14O6/c1-14-8-4(9(13)15-2)3-5(10)6(11)7(8)12/h3,5-8,10-12H,1-2H3/t5-,6-,7-,8+/m0/s1. The van der Waals surface area contributed by atoms with Crippen molar-refractivity contribution < 1.29 is 29.6 Å². The van der Waals surface area contributed by atoms with Gasteiger partial charge in [0.25, 0.3) is 0 Å².